The van der Waals surface area contributed by atoms with Gasteiger partial charge >= 0.3 is 5.97 Å². The fourth-order valence-electron chi connectivity index (χ4n) is 3.16. The van der Waals surface area contributed by atoms with Crippen LogP contribution < -0.4 is 9.47 Å². The average Bonchev–Trinajstić information content (AvgIpc) is 3.53. The van der Waals surface area contributed by atoms with Crippen LogP contribution >= 0.6 is 0 Å². The number of hydrogen-bond donors (Lipinski definition) is 0. The van der Waals surface area contributed by atoms with E-state index < -0.39 is 5.97 Å². The fraction of sp³-hybridized carbons (Fsp3) is 0.391. The molecule has 1 amide bonds. The Hall–Kier alpha value is -3.02. The maximum Gasteiger partial charge on any atom is 0.344 e. The molecule has 0 aromatic heterocycles. The topological polar surface area (TPSA) is 65.1 Å². The number of methoxy groups -OCH3 is 1. The summed E-state index contributed by atoms with van der Waals surface area (Å²) >= 11 is 0. The zero-order valence-electron chi connectivity index (χ0n) is 17.1. The molecule has 1 aliphatic rings. The molecule has 3 rings (SSSR count). The normalized spacial score (nSPS) is 12.9. The Bertz CT molecular complexity index is 838. The van der Waals surface area contributed by atoms with Crippen LogP contribution in [-0.2, 0) is 20.9 Å². The van der Waals surface area contributed by atoms with Gasteiger partial charge in [0.1, 0.15) is 11.5 Å². The van der Waals surface area contributed by atoms with Crippen LogP contribution in [-0.4, -0.2) is 43.1 Å². The summed E-state index contributed by atoms with van der Waals surface area (Å²) in [5, 5.41) is 0. The van der Waals surface area contributed by atoms with Crippen molar-refractivity contribution in [3.05, 3.63) is 59.2 Å². The van der Waals surface area contributed by atoms with Crippen LogP contribution in [0.15, 0.2) is 42.5 Å². The Morgan fingerprint density at radius 2 is 1.62 bits per heavy atom. The Kier molecular flexibility index (Phi) is 6.75. The molecule has 0 unspecified atom stereocenters. The molecule has 0 saturated heterocycles. The van der Waals surface area contributed by atoms with Crippen molar-refractivity contribution in [1.29, 1.82) is 0 Å². The molecule has 0 bridgehead atoms. The van der Waals surface area contributed by atoms with Crippen molar-refractivity contribution in [2.75, 3.05) is 20.3 Å². The van der Waals surface area contributed by atoms with Crippen LogP contribution in [0.1, 0.15) is 29.5 Å². The van der Waals surface area contributed by atoms with Gasteiger partial charge in [-0.05, 0) is 67.6 Å². The minimum Gasteiger partial charge on any atom is -0.497 e. The maximum absolute atomic E-state index is 12.6. The van der Waals surface area contributed by atoms with E-state index in [0.29, 0.717) is 12.3 Å². The molecule has 2 aromatic rings. The molecular weight excluding hydrogens is 370 g/mol. The lowest BCUT2D eigenvalue weighted by Crippen LogP contribution is -2.36. The summed E-state index contributed by atoms with van der Waals surface area (Å²) < 4.78 is 15.8. The fourth-order valence-corrected chi connectivity index (χ4v) is 3.16. The Morgan fingerprint density at radius 3 is 2.21 bits per heavy atom. The molecule has 6 heteroatoms. The molecule has 0 N–H and O–H groups in total. The van der Waals surface area contributed by atoms with Gasteiger partial charge in [0.15, 0.2) is 13.2 Å². The number of carbonyl (C=O) groups is 2. The first-order chi connectivity index (χ1) is 13.9. The monoisotopic (exact) mass is 397 g/mol. The molecule has 29 heavy (non-hydrogen) atoms. The van der Waals surface area contributed by atoms with Crippen LogP contribution in [0.25, 0.3) is 0 Å². The molecule has 1 fully saturated rings. The van der Waals surface area contributed by atoms with Gasteiger partial charge in [0.2, 0.25) is 0 Å². The average molecular weight is 397 g/mol. The maximum atomic E-state index is 12.6. The highest BCUT2D eigenvalue weighted by molar-refractivity contribution is 5.81. The van der Waals surface area contributed by atoms with E-state index in [4.69, 9.17) is 14.2 Å². The van der Waals surface area contributed by atoms with Crippen molar-refractivity contribution in [3.63, 3.8) is 0 Å². The van der Waals surface area contributed by atoms with Crippen LogP contribution in [0.2, 0.25) is 0 Å². The third-order valence-corrected chi connectivity index (χ3v) is 4.73. The summed E-state index contributed by atoms with van der Waals surface area (Å²) in [7, 11) is 1.62. The third kappa shape index (κ3) is 6.24. The molecule has 2 aromatic carbocycles. The largest absolute Gasteiger partial charge is 0.497 e. The Morgan fingerprint density at radius 1 is 0.966 bits per heavy atom. The zero-order chi connectivity index (χ0) is 20.8. The van der Waals surface area contributed by atoms with Gasteiger partial charge in [-0.1, -0.05) is 18.2 Å². The van der Waals surface area contributed by atoms with Gasteiger partial charge in [-0.25, -0.2) is 4.79 Å². The van der Waals surface area contributed by atoms with Crippen LogP contribution in [0, 0.1) is 13.8 Å². The van der Waals surface area contributed by atoms with Gasteiger partial charge in [-0.3, -0.25) is 4.79 Å². The number of ether oxygens (including phenoxy) is 3. The molecule has 6 nitrogen and oxygen atoms in total. The lowest BCUT2D eigenvalue weighted by Gasteiger charge is -2.22. The van der Waals surface area contributed by atoms with Crippen molar-refractivity contribution in [2.45, 2.75) is 39.3 Å². The SMILES string of the molecule is COc1ccc(CN(C(=O)COC(=O)COc2cc(C)cc(C)c2)C2CC2)cc1. The minimum atomic E-state index is -0.558. The summed E-state index contributed by atoms with van der Waals surface area (Å²) in [6.45, 7) is 3.92. The zero-order valence-corrected chi connectivity index (χ0v) is 17.1. The molecule has 1 aliphatic carbocycles. The van der Waals surface area contributed by atoms with Crippen LogP contribution in [0.5, 0.6) is 11.5 Å². The highest BCUT2D eigenvalue weighted by Crippen LogP contribution is 2.29. The molecule has 1 saturated carbocycles. The summed E-state index contributed by atoms with van der Waals surface area (Å²) in [4.78, 5) is 26.4. The van der Waals surface area contributed by atoms with Gasteiger partial charge in [0.25, 0.3) is 5.91 Å². The highest BCUT2D eigenvalue weighted by atomic mass is 16.6. The van der Waals surface area contributed by atoms with E-state index in [9.17, 15) is 9.59 Å². The van der Waals surface area contributed by atoms with Gasteiger partial charge < -0.3 is 19.1 Å². The first-order valence-corrected chi connectivity index (χ1v) is 9.73. The van der Waals surface area contributed by atoms with Gasteiger partial charge in [-0.15, -0.1) is 0 Å². The summed E-state index contributed by atoms with van der Waals surface area (Å²) in [5.74, 6) is 0.640. The highest BCUT2D eigenvalue weighted by Gasteiger charge is 2.32. The molecule has 154 valence electrons. The molecule has 0 spiro atoms. The van der Waals surface area contributed by atoms with Gasteiger partial charge in [0, 0.05) is 12.6 Å². The van der Waals surface area contributed by atoms with Gasteiger partial charge in [0.05, 0.1) is 7.11 Å². The number of rotatable bonds is 9. The minimum absolute atomic E-state index is 0.192. The second-order valence-corrected chi connectivity index (χ2v) is 7.37. The second kappa shape index (κ2) is 9.45. The van der Waals surface area contributed by atoms with E-state index in [-0.39, 0.29) is 25.2 Å². The second-order valence-electron chi connectivity index (χ2n) is 7.37. The quantitative estimate of drug-likeness (QED) is 0.607. The number of benzene rings is 2. The van der Waals surface area contributed by atoms with Crippen LogP contribution in [0.4, 0.5) is 0 Å². The Labute approximate surface area is 171 Å². The van der Waals surface area contributed by atoms with Crippen molar-refractivity contribution in [2.24, 2.45) is 0 Å². The third-order valence-electron chi connectivity index (χ3n) is 4.73. The standard InChI is InChI=1S/C23H27NO5/c1-16-10-17(2)12-21(11-16)28-15-23(26)29-14-22(25)24(19-6-7-19)13-18-4-8-20(27-3)9-5-18/h4-5,8-12,19H,6-7,13-15H2,1-3H3. The first kappa shape index (κ1) is 20.7. The van der Waals surface area contributed by atoms with Crippen LogP contribution in [0.3, 0.4) is 0 Å². The van der Waals surface area contributed by atoms with Crippen molar-refractivity contribution in [3.8, 4) is 11.5 Å². The predicted octanol–water partition coefficient (Wildman–Crippen LogP) is 3.43. The van der Waals surface area contributed by atoms with Crippen molar-refractivity contribution in [1.82, 2.24) is 4.90 Å². The lowest BCUT2D eigenvalue weighted by atomic mass is 10.1. The van der Waals surface area contributed by atoms with E-state index in [1.54, 1.807) is 12.0 Å². The van der Waals surface area contributed by atoms with E-state index in [1.807, 2.05) is 56.3 Å². The lowest BCUT2D eigenvalue weighted by molar-refractivity contribution is -0.154. The summed E-state index contributed by atoms with van der Waals surface area (Å²) in [5.41, 5.74) is 3.12. The number of amides is 1. The number of aryl methyl sites for hydroxylation is 2. The molecular formula is C23H27NO5. The summed E-state index contributed by atoms with van der Waals surface area (Å²) in [6, 6.07) is 13.6. The predicted molar refractivity (Wildman–Crippen MR) is 109 cm³/mol. The van der Waals surface area contributed by atoms with Crippen molar-refractivity contribution < 1.29 is 23.8 Å². The summed E-state index contributed by atoms with van der Waals surface area (Å²) in [6.07, 6.45) is 1.96. The van der Waals surface area contributed by atoms with E-state index >= 15 is 0 Å². The van der Waals surface area contributed by atoms with Crippen molar-refractivity contribution >= 4 is 11.9 Å². The first-order valence-electron chi connectivity index (χ1n) is 9.73. The van der Waals surface area contributed by atoms with E-state index in [0.717, 1.165) is 35.3 Å². The number of hydrogen-bond acceptors (Lipinski definition) is 5. The Balaban J connectivity index is 1.48. The number of nitrogens with zero attached hydrogens (tertiary/aromatic N) is 1. The molecule has 0 atom stereocenters. The van der Waals surface area contributed by atoms with E-state index in [2.05, 4.69) is 0 Å². The molecule has 0 radical (unpaired) electrons. The number of esters is 1. The number of carbonyl (C=O) groups excluding carboxylic acids is 2. The van der Waals surface area contributed by atoms with E-state index in [1.165, 1.54) is 0 Å². The molecule has 0 aliphatic heterocycles. The van der Waals surface area contributed by atoms with Gasteiger partial charge in [-0.2, -0.15) is 0 Å². The molecule has 0 heterocycles. The smallest absolute Gasteiger partial charge is 0.344 e.